The highest BCUT2D eigenvalue weighted by Gasteiger charge is 2.48. The third-order valence-corrected chi connectivity index (χ3v) is 12.0. The summed E-state index contributed by atoms with van der Waals surface area (Å²) in [4.78, 5) is 55.2. The highest BCUT2D eigenvalue weighted by Crippen LogP contribution is 2.53. The molecule has 0 bridgehead atoms. The molecule has 0 amide bonds. The lowest BCUT2D eigenvalue weighted by molar-refractivity contribution is -0.252. The van der Waals surface area contributed by atoms with Gasteiger partial charge in [0.05, 0.1) is 36.2 Å². The number of ether oxygens (including phenoxy) is 2. The Hall–Kier alpha value is -4.60. The zero-order valence-electron chi connectivity index (χ0n) is 33.7. The Morgan fingerprint density at radius 3 is 1.22 bits per heavy atom. The average Bonchev–Trinajstić information content (AvgIpc) is 3.18. The number of allylic oxidation sites excluding steroid dienone is 2. The van der Waals surface area contributed by atoms with Gasteiger partial charge < -0.3 is 71.2 Å². The monoisotopic (exact) mass is 840 g/mol. The minimum Gasteiger partial charge on any atom is -0.507 e. The fourth-order valence-corrected chi connectivity index (χ4v) is 8.91. The molecule has 60 heavy (non-hydrogen) atoms. The Morgan fingerprint density at radius 2 is 0.917 bits per heavy atom. The van der Waals surface area contributed by atoms with E-state index in [-0.39, 0.29) is 44.5 Å². The summed E-state index contributed by atoms with van der Waals surface area (Å²) in [7, 11) is 0. The summed E-state index contributed by atoms with van der Waals surface area (Å²) < 4.78 is 10.4. The molecule has 18 heteroatoms. The number of rotatable bonds is 9. The molecular weight excluding hydrogens is 788 g/mol. The van der Waals surface area contributed by atoms with Gasteiger partial charge in [0.2, 0.25) is 23.1 Å². The number of hydrogen-bond donors (Lipinski definition) is 12. The van der Waals surface area contributed by atoms with Crippen LogP contribution in [-0.4, -0.2) is 149 Å². The van der Waals surface area contributed by atoms with Gasteiger partial charge in [-0.25, -0.2) is 0 Å². The first-order valence-electron chi connectivity index (χ1n) is 19.6. The molecule has 326 valence electrons. The summed E-state index contributed by atoms with van der Waals surface area (Å²) in [5.74, 6) is -7.77. The van der Waals surface area contributed by atoms with E-state index in [2.05, 4.69) is 10.6 Å². The first-order chi connectivity index (χ1) is 28.2. The van der Waals surface area contributed by atoms with Crippen LogP contribution >= 0.6 is 0 Å². The highest BCUT2D eigenvalue weighted by molar-refractivity contribution is 6.58. The minimum absolute atomic E-state index is 0.0215. The second-order valence-corrected chi connectivity index (χ2v) is 16.6. The number of benzene rings is 2. The molecule has 2 aromatic rings. The Balaban J connectivity index is 1.55. The molecule has 2 heterocycles. The minimum atomic E-state index is -1.80. The van der Waals surface area contributed by atoms with E-state index in [1.54, 1.807) is 53.7 Å². The average molecular weight is 841 g/mol. The number of nitrogens with one attached hydrogen (secondary N) is 2. The summed E-state index contributed by atoms with van der Waals surface area (Å²) in [6.07, 6.45) is -11.0. The number of phenolic OH excluding ortho intramolecular Hbond substituents is 2. The second kappa shape index (κ2) is 17.0. The molecule has 2 saturated heterocycles. The molecular formula is C42H52N2O16. The number of hydrogen-bond acceptors (Lipinski definition) is 18. The van der Waals surface area contributed by atoms with Crippen molar-refractivity contribution in [1.82, 2.24) is 10.6 Å². The van der Waals surface area contributed by atoms with Gasteiger partial charge in [-0.05, 0) is 47.9 Å². The molecule has 2 fully saturated rings. The van der Waals surface area contributed by atoms with Gasteiger partial charge in [0.25, 0.3) is 0 Å². The molecule has 2 aliphatic carbocycles. The highest BCUT2D eigenvalue weighted by atomic mass is 16.6. The van der Waals surface area contributed by atoms with E-state index in [0.717, 1.165) is 12.4 Å². The van der Waals surface area contributed by atoms with Crippen LogP contribution in [-0.2, 0) is 28.7 Å². The van der Waals surface area contributed by atoms with Crippen LogP contribution in [0.2, 0.25) is 0 Å². The molecule has 0 radical (unpaired) electrons. The lowest BCUT2D eigenvalue weighted by Crippen LogP contribution is -2.62. The maximum absolute atomic E-state index is 13.9. The third-order valence-electron chi connectivity index (χ3n) is 12.0. The smallest absolute Gasteiger partial charge is 0.231 e. The van der Waals surface area contributed by atoms with E-state index in [1.807, 2.05) is 0 Å². The van der Waals surface area contributed by atoms with Crippen LogP contribution in [0, 0.1) is 25.7 Å². The van der Waals surface area contributed by atoms with Crippen LogP contribution in [0.5, 0.6) is 11.5 Å². The van der Waals surface area contributed by atoms with Crippen LogP contribution < -0.4 is 10.6 Å². The zero-order chi connectivity index (χ0) is 44.4. The number of aliphatic hydroxyl groups is 8. The topological polar surface area (TPSA) is 313 Å². The molecule has 12 N–H and O–H groups in total. The van der Waals surface area contributed by atoms with Crippen molar-refractivity contribution in [2.45, 2.75) is 115 Å². The third kappa shape index (κ3) is 7.33. The molecule has 0 saturated carbocycles. The van der Waals surface area contributed by atoms with Crippen LogP contribution in [0.4, 0.5) is 0 Å². The molecule has 2 aromatic carbocycles. The summed E-state index contributed by atoms with van der Waals surface area (Å²) in [5.41, 5.74) is 0.0930. The Morgan fingerprint density at radius 1 is 0.583 bits per heavy atom. The van der Waals surface area contributed by atoms with Crippen LogP contribution in [0.3, 0.4) is 0 Å². The lowest BCUT2D eigenvalue weighted by Gasteiger charge is -2.40. The van der Waals surface area contributed by atoms with E-state index in [1.165, 1.54) is 0 Å². The first-order valence-corrected chi connectivity index (χ1v) is 19.6. The predicted molar refractivity (Wildman–Crippen MR) is 210 cm³/mol. The summed E-state index contributed by atoms with van der Waals surface area (Å²) in [6, 6.07) is 0.210. The number of Topliss-reactive ketones (excluding diaryl/α,β-unsaturated/α-hetero) is 4. The number of aromatic hydroxyl groups is 2. The van der Waals surface area contributed by atoms with Crippen molar-refractivity contribution in [2.24, 2.45) is 11.8 Å². The predicted octanol–water partition coefficient (Wildman–Crippen LogP) is -1.37. The Kier molecular flexibility index (Phi) is 12.8. The Labute approximate surface area is 344 Å². The second-order valence-electron chi connectivity index (χ2n) is 16.6. The molecule has 2 aliphatic heterocycles. The van der Waals surface area contributed by atoms with Gasteiger partial charge in [0.15, 0.2) is 12.6 Å². The number of phenols is 2. The van der Waals surface area contributed by atoms with Gasteiger partial charge in [-0.3, -0.25) is 19.2 Å². The molecule has 4 aliphatic rings. The van der Waals surface area contributed by atoms with E-state index >= 15 is 0 Å². The summed E-state index contributed by atoms with van der Waals surface area (Å²) >= 11 is 0. The van der Waals surface area contributed by atoms with E-state index in [9.17, 15) is 70.2 Å². The zero-order valence-corrected chi connectivity index (χ0v) is 33.7. The van der Waals surface area contributed by atoms with Crippen molar-refractivity contribution in [3.8, 4) is 22.6 Å². The molecule has 2 unspecified atom stereocenters. The van der Waals surface area contributed by atoms with Gasteiger partial charge in [-0.2, -0.15) is 0 Å². The number of ketones is 4. The quantitative estimate of drug-likeness (QED) is 0.102. The number of fused-ring (bicyclic) bond motifs is 2. The van der Waals surface area contributed by atoms with E-state index in [0.29, 0.717) is 11.1 Å². The molecule has 6 rings (SSSR count). The number of carbonyl (C=O) groups is 4. The normalized spacial score (nSPS) is 33.5. The first kappa shape index (κ1) is 44.9. The van der Waals surface area contributed by atoms with E-state index in [4.69, 9.17) is 9.47 Å². The number of carbonyl (C=O) groups excluding carboxylic acids is 4. The number of aliphatic hydroxyl groups excluding tert-OH is 8. The molecule has 0 spiro atoms. The fourth-order valence-electron chi connectivity index (χ4n) is 8.91. The van der Waals surface area contributed by atoms with Gasteiger partial charge in [0.1, 0.15) is 60.2 Å². The van der Waals surface area contributed by atoms with Crippen molar-refractivity contribution >= 4 is 34.3 Å². The van der Waals surface area contributed by atoms with Crippen molar-refractivity contribution < 1.29 is 79.7 Å². The molecule has 18 nitrogen and oxygen atoms in total. The van der Waals surface area contributed by atoms with Crippen molar-refractivity contribution in [3.63, 3.8) is 0 Å². The fraction of sp³-hybridized carbons (Fsp3) is 0.524. The maximum Gasteiger partial charge on any atom is 0.231 e. The Bertz CT molecular complexity index is 2000. The van der Waals surface area contributed by atoms with E-state index < -0.39 is 133 Å². The van der Waals surface area contributed by atoms with Crippen molar-refractivity contribution in [2.75, 3.05) is 13.2 Å². The summed E-state index contributed by atoms with van der Waals surface area (Å²) in [6.45, 7) is 8.60. The molecule has 0 aromatic heterocycles. The van der Waals surface area contributed by atoms with Gasteiger partial charge in [-0.15, -0.1) is 0 Å². The molecule has 12 atom stereocenters. The van der Waals surface area contributed by atoms with Gasteiger partial charge in [0, 0.05) is 34.7 Å². The van der Waals surface area contributed by atoms with Gasteiger partial charge in [-0.1, -0.05) is 39.8 Å². The van der Waals surface area contributed by atoms with Crippen LogP contribution in [0.1, 0.15) is 72.9 Å². The largest absolute Gasteiger partial charge is 0.507 e. The van der Waals surface area contributed by atoms with Crippen LogP contribution in [0.25, 0.3) is 22.3 Å². The maximum atomic E-state index is 13.9. The standard InChI is InChI=1S/C42H52N2O16/c1-13(2)23-17-7-15(5)25(35(51)27(17)19(31(47)37(23)53)9-43-29-39(55)33(49)21(11-45)59-41(29)57)26-16(6)8-18-24(14(3)4)38(54)32(48)20(28(18)36(26)52)10-44-30-40(56)34(50)22(12-46)60-42(30)58/h7-10,13-14,21-24,29-30,33-34,39-46,49-52,55-58H,11-12H2,1-6H3/b19-9-,20-10-/t21-,22-,23?,24?,29-,30-,33-,34-,39-,40-,41-,42-/m1/s1. The lowest BCUT2D eigenvalue weighted by atomic mass is 9.70. The van der Waals surface area contributed by atoms with Gasteiger partial charge >= 0.3 is 0 Å². The van der Waals surface area contributed by atoms with Crippen LogP contribution in [0.15, 0.2) is 24.5 Å². The van der Waals surface area contributed by atoms with Crippen molar-refractivity contribution in [3.05, 3.63) is 57.9 Å². The SMILES string of the molecule is Cc1cc2c(c(O)c1-c1c(C)cc3c(c1O)/C(=C/N[C@@H]1[C@@H](O)[C@H](O)[C@@H](CO)O[C@H]1O)C(=O)C(=O)C3C(C)C)/C(=C/N[C@@H]1[C@@H](O)[C@H](O)[C@@H](CO)O[C@H]1O)C(=O)C(=O)C2C(C)C. The summed E-state index contributed by atoms with van der Waals surface area (Å²) in [5, 5.41) is 113. The number of aryl methyl sites for hydroxylation is 2. The van der Waals surface area contributed by atoms with Crippen molar-refractivity contribution in [1.29, 1.82) is 0 Å².